The number of amides is 1. The average Bonchev–Trinajstić information content (AvgIpc) is 2.68. The Balaban J connectivity index is 1.49. The Bertz CT molecular complexity index is 668. The maximum absolute atomic E-state index is 12.7. The Morgan fingerprint density at radius 3 is 2.43 bits per heavy atom. The van der Waals surface area contributed by atoms with E-state index in [1.807, 2.05) is 20.8 Å². The Kier molecular flexibility index (Phi) is 6.44. The maximum Gasteiger partial charge on any atom is 0.241 e. The summed E-state index contributed by atoms with van der Waals surface area (Å²) in [7, 11) is 0. The predicted molar refractivity (Wildman–Crippen MR) is 110 cm³/mol. The number of hydrogen-bond acceptors (Lipinski definition) is 5. The van der Waals surface area contributed by atoms with Crippen molar-refractivity contribution < 1.29 is 14.6 Å². The van der Waals surface area contributed by atoms with Crippen LogP contribution in [-0.4, -0.2) is 53.4 Å². The lowest BCUT2D eigenvalue weighted by Crippen LogP contribution is -2.75. The van der Waals surface area contributed by atoms with Crippen LogP contribution in [0.2, 0.25) is 0 Å². The molecule has 4 N–H and O–H groups in total. The molecule has 2 fully saturated rings. The molecule has 6 nitrogen and oxygen atoms in total. The van der Waals surface area contributed by atoms with Crippen LogP contribution in [0.4, 0.5) is 0 Å². The van der Waals surface area contributed by atoms with Crippen molar-refractivity contribution in [3.8, 4) is 0 Å². The molecule has 1 saturated heterocycles. The topological polar surface area (TPSA) is 87.8 Å². The van der Waals surface area contributed by atoms with Gasteiger partial charge in [0.15, 0.2) is 0 Å². The van der Waals surface area contributed by atoms with Gasteiger partial charge in [0.05, 0.1) is 12.2 Å². The molecule has 0 aromatic heterocycles. The minimum atomic E-state index is -0.883. The second-order valence-corrected chi connectivity index (χ2v) is 8.85. The van der Waals surface area contributed by atoms with Crippen molar-refractivity contribution in [3.05, 3.63) is 35.4 Å². The van der Waals surface area contributed by atoms with E-state index in [0.717, 1.165) is 38.0 Å². The van der Waals surface area contributed by atoms with Crippen molar-refractivity contribution in [1.82, 2.24) is 10.2 Å². The van der Waals surface area contributed by atoms with Crippen molar-refractivity contribution >= 4 is 5.91 Å². The highest BCUT2D eigenvalue weighted by Crippen LogP contribution is 2.49. The van der Waals surface area contributed by atoms with Gasteiger partial charge in [-0.05, 0) is 30.9 Å². The highest BCUT2D eigenvalue weighted by molar-refractivity contribution is 5.88. The molecule has 0 spiro atoms. The molecule has 3 rings (SSSR count). The molecule has 1 aromatic carbocycles. The zero-order valence-corrected chi connectivity index (χ0v) is 17.4. The number of carbonyl (C=O) groups excluding carboxylic acids is 1. The Morgan fingerprint density at radius 2 is 1.86 bits per heavy atom. The van der Waals surface area contributed by atoms with Crippen LogP contribution in [-0.2, 0) is 22.6 Å². The van der Waals surface area contributed by atoms with E-state index in [1.54, 1.807) is 0 Å². The summed E-state index contributed by atoms with van der Waals surface area (Å²) in [4.78, 5) is 15.1. The molecule has 1 heterocycles. The normalized spacial score (nSPS) is 28.0. The first-order chi connectivity index (χ1) is 13.3. The Morgan fingerprint density at radius 1 is 1.25 bits per heavy atom. The number of piperidine rings is 1. The number of benzene rings is 1. The number of aliphatic hydroxyl groups excluding tert-OH is 1. The molecule has 0 bridgehead atoms. The molecule has 2 aliphatic rings. The second kappa shape index (κ2) is 8.49. The summed E-state index contributed by atoms with van der Waals surface area (Å²) < 4.78 is 5.70. The average molecular weight is 390 g/mol. The van der Waals surface area contributed by atoms with Gasteiger partial charge in [0.2, 0.25) is 5.91 Å². The van der Waals surface area contributed by atoms with Gasteiger partial charge in [-0.2, -0.15) is 0 Å². The highest BCUT2D eigenvalue weighted by atomic mass is 16.5. The van der Waals surface area contributed by atoms with Crippen LogP contribution >= 0.6 is 0 Å². The monoisotopic (exact) mass is 389 g/mol. The summed E-state index contributed by atoms with van der Waals surface area (Å²) in [5, 5.41) is 12.6. The summed E-state index contributed by atoms with van der Waals surface area (Å²) in [6.07, 6.45) is 2.15. The van der Waals surface area contributed by atoms with Crippen molar-refractivity contribution in [1.29, 1.82) is 0 Å². The largest absolute Gasteiger partial charge is 0.393 e. The standard InChI is InChI=1S/C22H35N3O3/c1-4-28-19-13-22(23,21(19,2)3)20(27)24-14-16-5-7-17(8-6-16)15-25-11-9-18(26)10-12-25/h5-8,18-19,26H,4,9-15,23H2,1-3H3,(H,24,27). The summed E-state index contributed by atoms with van der Waals surface area (Å²) >= 11 is 0. The van der Waals surface area contributed by atoms with Gasteiger partial charge in [-0.3, -0.25) is 9.69 Å². The van der Waals surface area contributed by atoms with Gasteiger partial charge >= 0.3 is 0 Å². The lowest BCUT2D eigenvalue weighted by atomic mass is 9.54. The van der Waals surface area contributed by atoms with Crippen LogP contribution in [0.25, 0.3) is 0 Å². The van der Waals surface area contributed by atoms with Crippen molar-refractivity contribution in [2.45, 2.75) is 70.9 Å². The fourth-order valence-electron chi connectivity index (χ4n) is 4.26. The lowest BCUT2D eigenvalue weighted by Gasteiger charge is -2.57. The van der Waals surface area contributed by atoms with E-state index >= 15 is 0 Å². The van der Waals surface area contributed by atoms with E-state index in [9.17, 15) is 9.90 Å². The third-order valence-electron chi connectivity index (χ3n) is 6.67. The van der Waals surface area contributed by atoms with Crippen LogP contribution < -0.4 is 11.1 Å². The number of rotatable bonds is 7. The van der Waals surface area contributed by atoms with Crippen molar-refractivity contribution in [3.63, 3.8) is 0 Å². The summed E-state index contributed by atoms with van der Waals surface area (Å²) in [5.41, 5.74) is 7.49. The van der Waals surface area contributed by atoms with E-state index in [2.05, 4.69) is 34.5 Å². The molecule has 2 atom stereocenters. The molecule has 156 valence electrons. The highest BCUT2D eigenvalue weighted by Gasteiger charge is 2.62. The van der Waals surface area contributed by atoms with E-state index in [1.165, 1.54) is 5.56 Å². The first kappa shape index (κ1) is 21.2. The van der Waals surface area contributed by atoms with Crippen molar-refractivity contribution in [2.24, 2.45) is 11.1 Å². The number of ether oxygens (including phenoxy) is 1. The molecule has 6 heteroatoms. The van der Waals surface area contributed by atoms with E-state index in [0.29, 0.717) is 19.6 Å². The minimum Gasteiger partial charge on any atom is -0.393 e. The zero-order valence-electron chi connectivity index (χ0n) is 17.4. The molecule has 28 heavy (non-hydrogen) atoms. The number of nitrogens with zero attached hydrogens (tertiary/aromatic N) is 1. The van der Waals surface area contributed by atoms with E-state index in [4.69, 9.17) is 10.5 Å². The summed E-state index contributed by atoms with van der Waals surface area (Å²) in [6.45, 7) is 9.87. The molecule has 2 unspecified atom stereocenters. The molecular formula is C22H35N3O3. The van der Waals surface area contributed by atoms with Gasteiger partial charge in [-0.25, -0.2) is 0 Å². The van der Waals surface area contributed by atoms with Gasteiger partial charge in [0.25, 0.3) is 0 Å². The van der Waals surface area contributed by atoms with Gasteiger partial charge in [-0.15, -0.1) is 0 Å². The Labute approximate surface area is 168 Å². The number of nitrogens with one attached hydrogen (secondary N) is 1. The van der Waals surface area contributed by atoms with Gasteiger partial charge in [0, 0.05) is 44.6 Å². The summed E-state index contributed by atoms with van der Waals surface area (Å²) in [5.74, 6) is -0.107. The maximum atomic E-state index is 12.7. The molecule has 1 saturated carbocycles. The fraction of sp³-hybridized carbons (Fsp3) is 0.682. The first-order valence-electron chi connectivity index (χ1n) is 10.4. The summed E-state index contributed by atoms with van der Waals surface area (Å²) in [6, 6.07) is 8.35. The third-order valence-corrected chi connectivity index (χ3v) is 6.67. The molecule has 1 aliphatic heterocycles. The van der Waals surface area contributed by atoms with Crippen LogP contribution in [0.3, 0.4) is 0 Å². The number of hydrogen-bond donors (Lipinski definition) is 3. The molecular weight excluding hydrogens is 354 g/mol. The second-order valence-electron chi connectivity index (χ2n) is 8.85. The van der Waals surface area contributed by atoms with Gasteiger partial charge in [0.1, 0.15) is 5.54 Å². The fourth-order valence-corrected chi connectivity index (χ4v) is 4.26. The zero-order chi connectivity index (χ0) is 20.4. The number of carbonyl (C=O) groups is 1. The number of likely N-dealkylation sites (tertiary alicyclic amines) is 1. The van der Waals surface area contributed by atoms with Crippen LogP contribution in [0.5, 0.6) is 0 Å². The molecule has 1 amide bonds. The first-order valence-corrected chi connectivity index (χ1v) is 10.4. The smallest absolute Gasteiger partial charge is 0.241 e. The van der Waals surface area contributed by atoms with Gasteiger partial charge in [-0.1, -0.05) is 38.1 Å². The van der Waals surface area contributed by atoms with Gasteiger partial charge < -0.3 is 20.9 Å². The molecule has 0 radical (unpaired) electrons. The minimum absolute atomic E-state index is 0.0310. The van der Waals surface area contributed by atoms with Crippen LogP contribution in [0.15, 0.2) is 24.3 Å². The molecule has 1 aliphatic carbocycles. The van der Waals surface area contributed by atoms with Crippen LogP contribution in [0.1, 0.15) is 51.2 Å². The SMILES string of the molecule is CCOC1CC(N)(C(=O)NCc2ccc(CN3CCC(O)CC3)cc2)C1(C)C. The number of nitrogens with two attached hydrogens (primary N) is 1. The predicted octanol–water partition coefficient (Wildman–Crippen LogP) is 1.79. The quantitative estimate of drug-likeness (QED) is 0.662. The van der Waals surface area contributed by atoms with E-state index in [-0.39, 0.29) is 23.5 Å². The Hall–Kier alpha value is -1.47. The third kappa shape index (κ3) is 4.25. The van der Waals surface area contributed by atoms with Crippen molar-refractivity contribution in [2.75, 3.05) is 19.7 Å². The van der Waals surface area contributed by atoms with Crippen LogP contribution in [0, 0.1) is 5.41 Å². The number of aliphatic hydroxyl groups is 1. The van der Waals surface area contributed by atoms with E-state index < -0.39 is 5.54 Å². The lowest BCUT2D eigenvalue weighted by molar-refractivity contribution is -0.170. The molecule has 1 aromatic rings.